The van der Waals surface area contributed by atoms with E-state index in [0.717, 1.165) is 48.6 Å². The Hall–Kier alpha value is -2.80. The highest BCUT2D eigenvalue weighted by Gasteiger charge is 2.31. The van der Waals surface area contributed by atoms with Gasteiger partial charge in [0.15, 0.2) is 0 Å². The first-order chi connectivity index (χ1) is 14.7. The first-order valence-corrected chi connectivity index (χ1v) is 10.5. The summed E-state index contributed by atoms with van der Waals surface area (Å²) in [5.74, 6) is 2.60. The van der Waals surface area contributed by atoms with Crippen molar-refractivity contribution in [2.75, 3.05) is 7.11 Å². The topological polar surface area (TPSA) is 62.1 Å². The van der Waals surface area contributed by atoms with Crippen LogP contribution in [0.3, 0.4) is 0 Å². The van der Waals surface area contributed by atoms with E-state index in [9.17, 15) is 4.39 Å². The van der Waals surface area contributed by atoms with Gasteiger partial charge in [0.05, 0.1) is 11.8 Å². The van der Waals surface area contributed by atoms with Crippen LogP contribution in [-0.2, 0) is 17.6 Å². The van der Waals surface area contributed by atoms with Crippen LogP contribution < -0.4 is 4.74 Å². The van der Waals surface area contributed by atoms with Gasteiger partial charge in [0.25, 0.3) is 0 Å². The smallest absolute Gasteiger partial charge is 0.213 e. The number of halogens is 1. The zero-order valence-electron chi connectivity index (χ0n) is 17.0. The highest BCUT2D eigenvalue weighted by atomic mass is 19.1. The van der Waals surface area contributed by atoms with Gasteiger partial charge < -0.3 is 9.47 Å². The summed E-state index contributed by atoms with van der Waals surface area (Å²) in [6.07, 6.45) is 7.04. The molecule has 3 heterocycles. The zero-order chi connectivity index (χ0) is 20.5. The number of ether oxygens (including phenoxy) is 2. The minimum absolute atomic E-state index is 0.0358. The first kappa shape index (κ1) is 19.2. The lowest BCUT2D eigenvalue weighted by atomic mass is 9.86. The molecule has 1 aliphatic carbocycles. The first-order valence-electron chi connectivity index (χ1n) is 10.5. The van der Waals surface area contributed by atoms with Gasteiger partial charge in [-0.1, -0.05) is 6.07 Å². The molecule has 0 saturated heterocycles. The Labute approximate surface area is 175 Å². The second-order valence-corrected chi connectivity index (χ2v) is 8.11. The zero-order valence-corrected chi connectivity index (χ0v) is 17.0. The van der Waals surface area contributed by atoms with Crippen LogP contribution in [0, 0.1) is 5.82 Å². The van der Waals surface area contributed by atoms with E-state index in [1.807, 2.05) is 24.3 Å². The summed E-state index contributed by atoms with van der Waals surface area (Å²) in [7, 11) is 1.69. The molecule has 2 aromatic heterocycles. The summed E-state index contributed by atoms with van der Waals surface area (Å²) in [6.45, 7) is 0. The maximum absolute atomic E-state index is 13.9. The predicted octanol–water partition coefficient (Wildman–Crippen LogP) is 4.02. The summed E-state index contributed by atoms with van der Waals surface area (Å²) >= 11 is 0. The predicted molar refractivity (Wildman–Crippen MR) is 109 cm³/mol. The molecule has 3 aromatic rings. The number of nitrogens with zero attached hydrogens (tertiary/aromatic N) is 4. The average Bonchev–Trinajstić information content (AvgIpc) is 3.11. The van der Waals surface area contributed by atoms with Gasteiger partial charge in [-0.05, 0) is 55.5 Å². The third-order valence-electron chi connectivity index (χ3n) is 6.19. The lowest BCUT2D eigenvalue weighted by Gasteiger charge is -2.28. The van der Waals surface area contributed by atoms with Crippen LogP contribution in [0.15, 0.2) is 42.6 Å². The highest BCUT2D eigenvalue weighted by Crippen LogP contribution is 2.36. The summed E-state index contributed by atoms with van der Waals surface area (Å²) in [6, 6.07) is 10.7. The molecule has 0 radical (unpaired) electrons. The summed E-state index contributed by atoms with van der Waals surface area (Å²) in [5.41, 5.74) is 1.91. The molecule has 7 heteroatoms. The van der Waals surface area contributed by atoms with Crippen LogP contribution in [0.2, 0.25) is 0 Å². The largest absolute Gasteiger partial charge is 0.474 e. The second-order valence-electron chi connectivity index (χ2n) is 8.11. The minimum Gasteiger partial charge on any atom is -0.474 e. The molecule has 5 rings (SSSR count). The van der Waals surface area contributed by atoms with Crippen molar-refractivity contribution in [1.29, 1.82) is 0 Å². The molecule has 1 atom stereocenters. The molecular formula is C23H25FN4O2. The Morgan fingerprint density at radius 3 is 2.63 bits per heavy atom. The van der Waals surface area contributed by atoms with Crippen LogP contribution in [0.4, 0.5) is 4.39 Å². The summed E-state index contributed by atoms with van der Waals surface area (Å²) in [5, 5.41) is 9.07. The van der Waals surface area contributed by atoms with Crippen molar-refractivity contribution in [3.05, 3.63) is 65.6 Å². The number of pyridine rings is 1. The molecule has 1 aliphatic heterocycles. The quantitative estimate of drug-likeness (QED) is 0.653. The van der Waals surface area contributed by atoms with Crippen molar-refractivity contribution >= 4 is 0 Å². The second kappa shape index (κ2) is 8.14. The van der Waals surface area contributed by atoms with E-state index in [-0.39, 0.29) is 18.0 Å². The Balaban J connectivity index is 1.39. The van der Waals surface area contributed by atoms with Crippen LogP contribution in [0.25, 0.3) is 5.69 Å². The van der Waals surface area contributed by atoms with Gasteiger partial charge in [0, 0.05) is 38.1 Å². The van der Waals surface area contributed by atoms with Gasteiger partial charge in [-0.25, -0.2) is 9.37 Å². The Kier molecular flexibility index (Phi) is 5.21. The lowest BCUT2D eigenvalue weighted by molar-refractivity contribution is 0.102. The fourth-order valence-corrected chi connectivity index (χ4v) is 4.64. The molecule has 6 nitrogen and oxygen atoms in total. The third kappa shape index (κ3) is 3.69. The van der Waals surface area contributed by atoms with E-state index in [1.54, 1.807) is 19.4 Å². The van der Waals surface area contributed by atoms with Crippen molar-refractivity contribution in [2.24, 2.45) is 0 Å². The molecular weight excluding hydrogens is 383 g/mol. The summed E-state index contributed by atoms with van der Waals surface area (Å²) < 4.78 is 27.7. The average molecular weight is 408 g/mol. The standard InChI is InChI=1S/C23H25FN4O2/c1-29-19-13-16-12-17(24)7-10-20(16)28-21(14-19)26-27-23(28)15-5-8-18(9-6-15)30-22-4-2-3-11-25-22/h2-4,7,10-12,15,18-19H,5-6,8-9,13-14H2,1H3/t15-,18-,19?. The van der Waals surface area contributed by atoms with Gasteiger partial charge >= 0.3 is 0 Å². The molecule has 0 N–H and O–H groups in total. The van der Waals surface area contributed by atoms with Crippen molar-refractivity contribution in [3.8, 4) is 11.6 Å². The van der Waals surface area contributed by atoms with Gasteiger partial charge in [-0.15, -0.1) is 10.2 Å². The van der Waals surface area contributed by atoms with E-state index in [1.165, 1.54) is 6.07 Å². The van der Waals surface area contributed by atoms with E-state index in [4.69, 9.17) is 9.47 Å². The van der Waals surface area contributed by atoms with Crippen molar-refractivity contribution < 1.29 is 13.9 Å². The van der Waals surface area contributed by atoms with Gasteiger partial charge in [0.1, 0.15) is 23.6 Å². The van der Waals surface area contributed by atoms with Crippen LogP contribution in [0.5, 0.6) is 5.88 Å². The number of fused-ring (bicyclic) bond motifs is 3. The Morgan fingerprint density at radius 1 is 1.00 bits per heavy atom. The van der Waals surface area contributed by atoms with Crippen LogP contribution in [0.1, 0.15) is 48.8 Å². The van der Waals surface area contributed by atoms with Gasteiger partial charge in [0.2, 0.25) is 5.88 Å². The highest BCUT2D eigenvalue weighted by molar-refractivity contribution is 5.45. The molecule has 1 aromatic carbocycles. The maximum atomic E-state index is 13.9. The van der Waals surface area contributed by atoms with E-state index in [0.29, 0.717) is 24.6 Å². The molecule has 0 amide bonds. The van der Waals surface area contributed by atoms with Crippen molar-refractivity contribution in [2.45, 2.75) is 56.7 Å². The monoisotopic (exact) mass is 408 g/mol. The molecule has 30 heavy (non-hydrogen) atoms. The SMILES string of the molecule is COC1Cc2cc(F)ccc2-n2c(nnc2[C@H]2CC[C@H](Oc3ccccn3)CC2)C1. The number of methoxy groups -OCH3 is 1. The van der Waals surface area contributed by atoms with Gasteiger partial charge in [-0.3, -0.25) is 4.57 Å². The minimum atomic E-state index is -0.228. The fraction of sp³-hybridized carbons (Fsp3) is 0.435. The van der Waals surface area contributed by atoms with E-state index < -0.39 is 0 Å². The molecule has 1 fully saturated rings. The lowest BCUT2D eigenvalue weighted by Crippen LogP contribution is -2.25. The number of benzene rings is 1. The third-order valence-corrected chi connectivity index (χ3v) is 6.19. The maximum Gasteiger partial charge on any atom is 0.213 e. The number of aromatic nitrogens is 4. The van der Waals surface area contributed by atoms with Crippen LogP contribution >= 0.6 is 0 Å². The van der Waals surface area contributed by atoms with Crippen molar-refractivity contribution in [1.82, 2.24) is 19.7 Å². The molecule has 0 spiro atoms. The molecule has 1 unspecified atom stereocenters. The fourth-order valence-electron chi connectivity index (χ4n) is 4.64. The number of rotatable bonds is 4. The molecule has 1 saturated carbocycles. The van der Waals surface area contributed by atoms with Crippen molar-refractivity contribution in [3.63, 3.8) is 0 Å². The molecule has 0 bridgehead atoms. The van der Waals surface area contributed by atoms with E-state index >= 15 is 0 Å². The molecule has 2 aliphatic rings. The number of hydrogen-bond donors (Lipinski definition) is 0. The normalized spacial score (nSPS) is 23.3. The Morgan fingerprint density at radius 2 is 1.87 bits per heavy atom. The van der Waals surface area contributed by atoms with Crippen LogP contribution in [-0.4, -0.2) is 39.1 Å². The Bertz CT molecular complexity index is 1020. The molecule has 156 valence electrons. The van der Waals surface area contributed by atoms with Gasteiger partial charge in [-0.2, -0.15) is 0 Å². The number of hydrogen-bond acceptors (Lipinski definition) is 5. The summed E-state index contributed by atoms with van der Waals surface area (Å²) in [4.78, 5) is 4.27. The van der Waals surface area contributed by atoms with E-state index in [2.05, 4.69) is 19.7 Å².